The third-order valence-electron chi connectivity index (χ3n) is 3.19. The van der Waals surface area contributed by atoms with Gasteiger partial charge in [-0.25, -0.2) is 4.98 Å². The average molecular weight is 252 g/mol. The van der Waals surface area contributed by atoms with E-state index in [4.69, 9.17) is 10.5 Å². The third kappa shape index (κ3) is 4.14. The molecule has 0 bridgehead atoms. The van der Waals surface area contributed by atoms with Crippen molar-refractivity contribution in [2.45, 2.75) is 39.7 Å². The van der Waals surface area contributed by atoms with Gasteiger partial charge in [0.1, 0.15) is 0 Å². The highest BCUT2D eigenvalue weighted by molar-refractivity contribution is 5.30. The number of rotatable bonds is 7. The second kappa shape index (κ2) is 7.16. The smallest absolute Gasteiger partial charge is 0.226 e. The quantitative estimate of drug-likeness (QED) is 0.776. The standard InChI is InChI=1S/C13H24N4O/c1-5-10(6-2)11(14)8-15-13-16-9(3)7-12(17-13)18-4/h7,10-11H,5-6,8,14H2,1-4H3,(H,15,16,17). The summed E-state index contributed by atoms with van der Waals surface area (Å²) in [6.45, 7) is 6.93. The Balaban J connectivity index is 2.60. The first-order chi connectivity index (χ1) is 8.60. The fourth-order valence-corrected chi connectivity index (χ4v) is 1.99. The average Bonchev–Trinajstić information content (AvgIpc) is 2.37. The zero-order chi connectivity index (χ0) is 13.5. The maximum absolute atomic E-state index is 6.15. The van der Waals surface area contributed by atoms with Crippen LogP contribution in [0.4, 0.5) is 5.95 Å². The Labute approximate surface area is 109 Å². The van der Waals surface area contributed by atoms with Gasteiger partial charge in [0, 0.05) is 24.3 Å². The van der Waals surface area contributed by atoms with Crippen molar-refractivity contribution in [3.8, 4) is 5.88 Å². The van der Waals surface area contributed by atoms with E-state index in [2.05, 4.69) is 29.1 Å². The molecule has 0 aliphatic heterocycles. The van der Waals surface area contributed by atoms with E-state index in [9.17, 15) is 0 Å². The van der Waals surface area contributed by atoms with Crippen molar-refractivity contribution in [3.63, 3.8) is 0 Å². The molecule has 0 aliphatic carbocycles. The number of nitrogens with zero attached hydrogens (tertiary/aromatic N) is 2. The number of hydrogen-bond donors (Lipinski definition) is 2. The summed E-state index contributed by atoms with van der Waals surface area (Å²) in [5, 5.41) is 3.18. The van der Waals surface area contributed by atoms with Crippen molar-refractivity contribution in [1.29, 1.82) is 0 Å². The lowest BCUT2D eigenvalue weighted by Gasteiger charge is -2.21. The topological polar surface area (TPSA) is 73.1 Å². The molecule has 18 heavy (non-hydrogen) atoms. The molecule has 1 rings (SSSR count). The van der Waals surface area contributed by atoms with Crippen LogP contribution in [0.2, 0.25) is 0 Å². The van der Waals surface area contributed by atoms with Crippen LogP contribution in [0.15, 0.2) is 6.07 Å². The fraction of sp³-hybridized carbons (Fsp3) is 0.692. The number of nitrogens with one attached hydrogen (secondary N) is 1. The predicted molar refractivity (Wildman–Crippen MR) is 73.9 cm³/mol. The zero-order valence-corrected chi connectivity index (χ0v) is 11.7. The molecule has 1 heterocycles. The molecule has 0 spiro atoms. The minimum absolute atomic E-state index is 0.120. The maximum Gasteiger partial charge on any atom is 0.226 e. The van der Waals surface area contributed by atoms with Crippen molar-refractivity contribution >= 4 is 5.95 Å². The van der Waals surface area contributed by atoms with E-state index >= 15 is 0 Å². The molecule has 0 radical (unpaired) electrons. The Kier molecular flexibility index (Phi) is 5.85. The summed E-state index contributed by atoms with van der Waals surface area (Å²) in [7, 11) is 1.60. The van der Waals surface area contributed by atoms with Gasteiger partial charge in [0.2, 0.25) is 11.8 Å². The van der Waals surface area contributed by atoms with Crippen LogP contribution in [-0.2, 0) is 0 Å². The second-order valence-electron chi connectivity index (χ2n) is 4.50. The molecule has 1 aromatic rings. The van der Waals surface area contributed by atoms with Gasteiger partial charge in [-0.15, -0.1) is 0 Å². The van der Waals surface area contributed by atoms with Crippen molar-refractivity contribution < 1.29 is 4.74 Å². The van der Waals surface area contributed by atoms with E-state index in [1.807, 2.05) is 6.92 Å². The molecule has 1 atom stereocenters. The Morgan fingerprint density at radius 2 is 2.00 bits per heavy atom. The minimum Gasteiger partial charge on any atom is -0.481 e. The van der Waals surface area contributed by atoms with E-state index in [-0.39, 0.29) is 6.04 Å². The molecule has 0 aliphatic rings. The molecule has 0 fully saturated rings. The summed E-state index contributed by atoms with van der Waals surface area (Å²) in [5.41, 5.74) is 7.02. The summed E-state index contributed by atoms with van der Waals surface area (Å²) in [6.07, 6.45) is 2.19. The lowest BCUT2D eigenvalue weighted by molar-refractivity contribution is 0.395. The Hall–Kier alpha value is -1.36. The highest BCUT2D eigenvalue weighted by atomic mass is 16.5. The van der Waals surface area contributed by atoms with E-state index < -0.39 is 0 Å². The molecule has 1 unspecified atom stereocenters. The highest BCUT2D eigenvalue weighted by Crippen LogP contribution is 2.14. The van der Waals surface area contributed by atoms with Gasteiger partial charge >= 0.3 is 0 Å². The molecule has 102 valence electrons. The van der Waals surface area contributed by atoms with Gasteiger partial charge in [0.15, 0.2) is 0 Å². The SMILES string of the molecule is CCC(CC)C(N)CNc1nc(C)cc(OC)n1. The van der Waals surface area contributed by atoms with Gasteiger partial charge < -0.3 is 15.8 Å². The molecule has 0 saturated carbocycles. The molecule has 3 N–H and O–H groups in total. The first kappa shape index (κ1) is 14.7. The van der Waals surface area contributed by atoms with E-state index in [0.717, 1.165) is 18.5 Å². The second-order valence-corrected chi connectivity index (χ2v) is 4.50. The van der Waals surface area contributed by atoms with E-state index in [1.54, 1.807) is 13.2 Å². The number of aromatic nitrogens is 2. The number of hydrogen-bond acceptors (Lipinski definition) is 5. The van der Waals surface area contributed by atoms with Gasteiger partial charge in [-0.3, -0.25) is 0 Å². The largest absolute Gasteiger partial charge is 0.481 e. The van der Waals surface area contributed by atoms with Crippen LogP contribution in [0.3, 0.4) is 0 Å². The first-order valence-electron chi connectivity index (χ1n) is 6.49. The molecular formula is C13H24N4O. The van der Waals surface area contributed by atoms with Crippen molar-refractivity contribution in [1.82, 2.24) is 9.97 Å². The maximum atomic E-state index is 6.15. The summed E-state index contributed by atoms with van der Waals surface area (Å²) in [5.74, 6) is 1.68. The fourth-order valence-electron chi connectivity index (χ4n) is 1.99. The molecule has 5 heteroatoms. The molecule has 1 aromatic heterocycles. The lowest BCUT2D eigenvalue weighted by Crippen LogP contribution is -2.36. The van der Waals surface area contributed by atoms with Crippen LogP contribution < -0.4 is 15.8 Å². The number of methoxy groups -OCH3 is 1. The summed E-state index contributed by atoms with van der Waals surface area (Å²) < 4.78 is 5.11. The monoisotopic (exact) mass is 252 g/mol. The normalized spacial score (nSPS) is 12.6. The van der Waals surface area contributed by atoms with Crippen molar-refractivity contribution in [2.24, 2.45) is 11.7 Å². The summed E-state index contributed by atoms with van der Waals surface area (Å²) >= 11 is 0. The lowest BCUT2D eigenvalue weighted by atomic mass is 9.95. The predicted octanol–water partition coefficient (Wildman–Crippen LogP) is 1.97. The Morgan fingerprint density at radius 3 is 2.56 bits per heavy atom. The number of ether oxygens (including phenoxy) is 1. The molecular weight excluding hydrogens is 228 g/mol. The van der Waals surface area contributed by atoms with E-state index in [0.29, 0.717) is 24.3 Å². The van der Waals surface area contributed by atoms with Crippen LogP contribution in [0.5, 0.6) is 5.88 Å². The van der Waals surface area contributed by atoms with Crippen molar-refractivity contribution in [3.05, 3.63) is 11.8 Å². The molecule has 0 amide bonds. The number of aryl methyl sites for hydroxylation is 1. The highest BCUT2D eigenvalue weighted by Gasteiger charge is 2.14. The molecule has 5 nitrogen and oxygen atoms in total. The van der Waals surface area contributed by atoms with Crippen LogP contribution in [0, 0.1) is 12.8 Å². The first-order valence-corrected chi connectivity index (χ1v) is 6.49. The Morgan fingerprint density at radius 1 is 1.33 bits per heavy atom. The van der Waals surface area contributed by atoms with E-state index in [1.165, 1.54) is 0 Å². The van der Waals surface area contributed by atoms with Gasteiger partial charge in [-0.2, -0.15) is 4.98 Å². The van der Waals surface area contributed by atoms with Crippen LogP contribution in [-0.4, -0.2) is 29.7 Å². The van der Waals surface area contributed by atoms with Crippen LogP contribution in [0.1, 0.15) is 32.4 Å². The summed E-state index contributed by atoms with van der Waals surface area (Å²) in [6, 6.07) is 1.92. The van der Waals surface area contributed by atoms with Gasteiger partial charge in [0.05, 0.1) is 7.11 Å². The Bertz CT molecular complexity index is 366. The molecule has 0 aromatic carbocycles. The number of nitrogens with two attached hydrogens (primary N) is 1. The van der Waals surface area contributed by atoms with Crippen molar-refractivity contribution in [2.75, 3.05) is 19.0 Å². The third-order valence-corrected chi connectivity index (χ3v) is 3.19. The summed E-state index contributed by atoms with van der Waals surface area (Å²) in [4.78, 5) is 8.54. The van der Waals surface area contributed by atoms with Crippen LogP contribution >= 0.6 is 0 Å². The van der Waals surface area contributed by atoms with Gasteiger partial charge in [-0.1, -0.05) is 26.7 Å². The van der Waals surface area contributed by atoms with Gasteiger partial charge in [0.25, 0.3) is 0 Å². The van der Waals surface area contributed by atoms with Crippen LogP contribution in [0.25, 0.3) is 0 Å². The zero-order valence-electron chi connectivity index (χ0n) is 11.7. The minimum atomic E-state index is 0.120. The number of anilines is 1. The van der Waals surface area contributed by atoms with Gasteiger partial charge in [-0.05, 0) is 12.8 Å². The molecule has 0 saturated heterocycles.